The lowest BCUT2D eigenvalue weighted by Gasteiger charge is -2.17. The van der Waals surface area contributed by atoms with Gasteiger partial charge in [-0.15, -0.1) is 0 Å². The summed E-state index contributed by atoms with van der Waals surface area (Å²) in [6, 6.07) is 4.33. The van der Waals surface area contributed by atoms with Crippen molar-refractivity contribution >= 4 is 5.69 Å². The number of nitrogens with zero attached hydrogens (tertiary/aromatic N) is 2. The van der Waals surface area contributed by atoms with Crippen LogP contribution >= 0.6 is 0 Å². The minimum Gasteiger partial charge on any atom is -0.412 e. The largest absolute Gasteiger partial charge is 0.412 e. The molecule has 0 bridgehead atoms. The highest BCUT2D eigenvalue weighted by Gasteiger charge is 2.11. The van der Waals surface area contributed by atoms with Gasteiger partial charge in [0.05, 0.1) is 0 Å². The van der Waals surface area contributed by atoms with Crippen LogP contribution in [0.15, 0.2) is 18.3 Å². The second-order valence-electron chi connectivity index (χ2n) is 3.55. The molecule has 2 rings (SSSR count). The van der Waals surface area contributed by atoms with E-state index in [9.17, 15) is 0 Å². The quantitative estimate of drug-likeness (QED) is 0.714. The van der Waals surface area contributed by atoms with E-state index in [2.05, 4.69) is 28.9 Å². The normalized spacial score (nSPS) is 15.4. The zero-order chi connectivity index (χ0) is 9.10. The van der Waals surface area contributed by atoms with E-state index in [1.807, 2.05) is 6.20 Å². The van der Waals surface area contributed by atoms with Crippen LogP contribution in [0.4, 0.5) is 5.69 Å². The Morgan fingerprint density at radius 3 is 2.71 bits per heavy atom. The summed E-state index contributed by atoms with van der Waals surface area (Å²) in [6.07, 6.45) is 5.63. The van der Waals surface area contributed by atoms with Gasteiger partial charge < -0.3 is 10.4 Å². The maximum absolute atomic E-state index is 4.30. The summed E-state index contributed by atoms with van der Waals surface area (Å²) in [4.78, 5) is 6.75. The lowest BCUT2D eigenvalue weighted by Crippen LogP contribution is -2.17. The molecule has 3 nitrogen and oxygen atoms in total. The van der Waals surface area contributed by atoms with Crippen LogP contribution in [0.1, 0.15) is 25.5 Å². The number of aryl methyl sites for hydroxylation is 1. The summed E-state index contributed by atoms with van der Waals surface area (Å²) in [5.41, 5.74) is 2.55. The summed E-state index contributed by atoms with van der Waals surface area (Å²) in [7, 11) is 0. The SMILES string of the molecule is CCc1cc(N2CCCC2)ccn1.O. The summed E-state index contributed by atoms with van der Waals surface area (Å²) in [6.45, 7) is 4.58. The first kappa shape index (κ1) is 11.0. The van der Waals surface area contributed by atoms with Gasteiger partial charge in [-0.25, -0.2) is 0 Å². The Hall–Kier alpha value is -1.09. The number of pyridine rings is 1. The van der Waals surface area contributed by atoms with E-state index in [0.717, 1.165) is 6.42 Å². The van der Waals surface area contributed by atoms with Crippen LogP contribution in [0, 0.1) is 0 Å². The van der Waals surface area contributed by atoms with Crippen molar-refractivity contribution in [2.24, 2.45) is 0 Å². The first-order valence-corrected chi connectivity index (χ1v) is 5.10. The van der Waals surface area contributed by atoms with E-state index >= 15 is 0 Å². The van der Waals surface area contributed by atoms with Crippen molar-refractivity contribution in [3.63, 3.8) is 0 Å². The van der Waals surface area contributed by atoms with Gasteiger partial charge in [0.1, 0.15) is 0 Å². The molecule has 0 atom stereocenters. The zero-order valence-electron chi connectivity index (χ0n) is 8.66. The Bertz CT molecular complexity index is 282. The Balaban J connectivity index is 0.000000980. The molecule has 1 aliphatic heterocycles. The van der Waals surface area contributed by atoms with Gasteiger partial charge in [0, 0.05) is 30.7 Å². The fourth-order valence-corrected chi connectivity index (χ4v) is 1.83. The van der Waals surface area contributed by atoms with E-state index in [4.69, 9.17) is 0 Å². The maximum Gasteiger partial charge on any atom is 0.0421 e. The summed E-state index contributed by atoms with van der Waals surface area (Å²) < 4.78 is 0. The average molecular weight is 194 g/mol. The second kappa shape index (κ2) is 4.96. The maximum atomic E-state index is 4.30. The zero-order valence-corrected chi connectivity index (χ0v) is 8.66. The van der Waals surface area contributed by atoms with Crippen molar-refractivity contribution in [3.8, 4) is 0 Å². The Morgan fingerprint density at radius 1 is 1.36 bits per heavy atom. The number of hydrogen-bond donors (Lipinski definition) is 0. The summed E-state index contributed by atoms with van der Waals surface area (Å²) in [5, 5.41) is 0. The van der Waals surface area contributed by atoms with Crippen LogP contribution in [0.5, 0.6) is 0 Å². The third-order valence-corrected chi connectivity index (χ3v) is 2.63. The number of aromatic nitrogens is 1. The van der Waals surface area contributed by atoms with Gasteiger partial charge in [-0.3, -0.25) is 4.98 Å². The van der Waals surface area contributed by atoms with Crippen molar-refractivity contribution in [1.29, 1.82) is 0 Å². The fraction of sp³-hybridized carbons (Fsp3) is 0.545. The number of anilines is 1. The molecule has 2 N–H and O–H groups in total. The smallest absolute Gasteiger partial charge is 0.0421 e. The molecule has 1 fully saturated rings. The Morgan fingerprint density at radius 2 is 2.07 bits per heavy atom. The molecule has 0 radical (unpaired) electrons. The van der Waals surface area contributed by atoms with Gasteiger partial charge in [-0.05, 0) is 31.4 Å². The third-order valence-electron chi connectivity index (χ3n) is 2.63. The Kier molecular flexibility index (Phi) is 3.89. The van der Waals surface area contributed by atoms with Gasteiger partial charge in [-0.1, -0.05) is 6.92 Å². The molecule has 0 aliphatic carbocycles. The van der Waals surface area contributed by atoms with Gasteiger partial charge in [0.15, 0.2) is 0 Å². The third kappa shape index (κ3) is 2.23. The van der Waals surface area contributed by atoms with Gasteiger partial charge in [0.2, 0.25) is 0 Å². The van der Waals surface area contributed by atoms with Crippen LogP contribution in [-0.4, -0.2) is 23.5 Å². The molecular formula is C11H18N2O. The molecule has 0 amide bonds. The van der Waals surface area contributed by atoms with Crippen LogP contribution in [-0.2, 0) is 6.42 Å². The highest BCUT2D eigenvalue weighted by molar-refractivity contribution is 5.47. The molecule has 0 spiro atoms. The molecule has 1 aromatic rings. The number of hydrogen-bond acceptors (Lipinski definition) is 2. The molecule has 2 heterocycles. The first-order chi connectivity index (χ1) is 6.40. The van der Waals surface area contributed by atoms with E-state index in [1.165, 1.54) is 37.3 Å². The molecule has 0 unspecified atom stereocenters. The molecule has 78 valence electrons. The number of rotatable bonds is 2. The van der Waals surface area contributed by atoms with Crippen LogP contribution in [0.25, 0.3) is 0 Å². The first-order valence-electron chi connectivity index (χ1n) is 5.10. The predicted octanol–water partition coefficient (Wildman–Crippen LogP) is 1.42. The van der Waals surface area contributed by atoms with E-state index in [1.54, 1.807) is 0 Å². The Labute approximate surface area is 85.1 Å². The van der Waals surface area contributed by atoms with Gasteiger partial charge >= 0.3 is 0 Å². The molecule has 1 aliphatic rings. The highest BCUT2D eigenvalue weighted by Crippen LogP contribution is 2.19. The van der Waals surface area contributed by atoms with Crippen molar-refractivity contribution in [2.45, 2.75) is 26.2 Å². The predicted molar refractivity (Wildman–Crippen MR) is 58.7 cm³/mol. The van der Waals surface area contributed by atoms with Crippen molar-refractivity contribution in [3.05, 3.63) is 24.0 Å². The standard InChI is InChI=1S/C11H16N2.H2O/c1-2-10-9-11(5-6-12-10)13-7-3-4-8-13;/h5-6,9H,2-4,7-8H2,1H3;1H2. The van der Waals surface area contributed by atoms with E-state index in [0.29, 0.717) is 0 Å². The summed E-state index contributed by atoms with van der Waals surface area (Å²) >= 11 is 0. The lowest BCUT2D eigenvalue weighted by molar-refractivity contribution is 0.824. The van der Waals surface area contributed by atoms with Gasteiger partial charge in [-0.2, -0.15) is 0 Å². The monoisotopic (exact) mass is 194 g/mol. The highest BCUT2D eigenvalue weighted by atomic mass is 16.0. The van der Waals surface area contributed by atoms with Crippen LogP contribution in [0.3, 0.4) is 0 Å². The molecule has 1 saturated heterocycles. The molecular weight excluding hydrogens is 176 g/mol. The summed E-state index contributed by atoms with van der Waals surface area (Å²) in [5.74, 6) is 0. The van der Waals surface area contributed by atoms with E-state index in [-0.39, 0.29) is 5.48 Å². The van der Waals surface area contributed by atoms with E-state index < -0.39 is 0 Å². The van der Waals surface area contributed by atoms with Crippen LogP contribution in [0.2, 0.25) is 0 Å². The lowest BCUT2D eigenvalue weighted by atomic mass is 10.2. The molecule has 3 heteroatoms. The molecule has 14 heavy (non-hydrogen) atoms. The second-order valence-corrected chi connectivity index (χ2v) is 3.55. The molecule has 0 aromatic carbocycles. The van der Waals surface area contributed by atoms with Crippen molar-refractivity contribution in [2.75, 3.05) is 18.0 Å². The molecule has 1 aromatic heterocycles. The fourth-order valence-electron chi connectivity index (χ4n) is 1.83. The van der Waals surface area contributed by atoms with Crippen LogP contribution < -0.4 is 4.90 Å². The average Bonchev–Trinajstić information content (AvgIpc) is 2.71. The van der Waals surface area contributed by atoms with Gasteiger partial charge in [0.25, 0.3) is 0 Å². The van der Waals surface area contributed by atoms with Crippen molar-refractivity contribution in [1.82, 2.24) is 4.98 Å². The van der Waals surface area contributed by atoms with Crippen molar-refractivity contribution < 1.29 is 5.48 Å². The molecule has 0 saturated carbocycles. The topological polar surface area (TPSA) is 47.6 Å². The minimum absolute atomic E-state index is 0. The minimum atomic E-state index is 0.